The summed E-state index contributed by atoms with van der Waals surface area (Å²) in [6, 6.07) is 16.4. The second-order valence-electron chi connectivity index (χ2n) is 7.43. The minimum Gasteiger partial charge on any atom is -0.480 e. The maximum absolute atomic E-state index is 12.3. The Morgan fingerprint density at radius 3 is 2.03 bits per heavy atom. The van der Waals surface area contributed by atoms with Gasteiger partial charge in [0.15, 0.2) is 0 Å². The lowest BCUT2D eigenvalue weighted by atomic mass is 10.1. The van der Waals surface area contributed by atoms with E-state index in [1.54, 1.807) is 0 Å². The Morgan fingerprint density at radius 1 is 0.844 bits per heavy atom. The van der Waals surface area contributed by atoms with Crippen LogP contribution in [0.4, 0.5) is 0 Å². The summed E-state index contributed by atoms with van der Waals surface area (Å²) in [7, 11) is 0. The maximum atomic E-state index is 12.3. The summed E-state index contributed by atoms with van der Waals surface area (Å²) < 4.78 is 2.64. The molecule has 0 heterocycles. The number of carboxylic acid groups (broad SMARTS) is 1. The summed E-state index contributed by atoms with van der Waals surface area (Å²) in [5.41, 5.74) is 13.8. The van der Waals surface area contributed by atoms with Crippen molar-refractivity contribution in [1.82, 2.24) is 10.0 Å². The van der Waals surface area contributed by atoms with E-state index in [1.807, 2.05) is 60.7 Å². The molecule has 0 fully saturated rings. The van der Waals surface area contributed by atoms with Crippen molar-refractivity contribution >= 4 is 29.7 Å². The van der Waals surface area contributed by atoms with Crippen LogP contribution in [-0.4, -0.2) is 46.8 Å². The van der Waals surface area contributed by atoms with Crippen LogP contribution in [0.5, 0.6) is 0 Å². The Labute approximate surface area is 192 Å². The van der Waals surface area contributed by atoms with Crippen LogP contribution in [0.3, 0.4) is 0 Å². The molecular formula is C23H30N4O4S. The molecule has 0 aliphatic heterocycles. The van der Waals surface area contributed by atoms with E-state index in [-0.39, 0.29) is 12.3 Å². The average Bonchev–Trinajstić information content (AvgIpc) is 2.80. The van der Waals surface area contributed by atoms with E-state index in [0.717, 1.165) is 23.1 Å². The third-order valence-corrected chi connectivity index (χ3v) is 5.64. The highest BCUT2D eigenvalue weighted by atomic mass is 32.2. The summed E-state index contributed by atoms with van der Waals surface area (Å²) in [6.45, 7) is 0. The first-order chi connectivity index (χ1) is 15.4. The van der Waals surface area contributed by atoms with Crippen molar-refractivity contribution in [2.45, 2.75) is 43.8 Å². The first kappa shape index (κ1) is 25.4. The number of rotatable bonds is 13. The predicted molar refractivity (Wildman–Crippen MR) is 126 cm³/mol. The number of benzene rings is 2. The number of hydrogen-bond donors (Lipinski definition) is 5. The number of carboxylic acids is 1. The molecule has 0 unspecified atom stereocenters. The second kappa shape index (κ2) is 13.5. The van der Waals surface area contributed by atoms with Crippen LogP contribution >= 0.6 is 11.9 Å². The number of hydrogen-bond acceptors (Lipinski definition) is 6. The van der Waals surface area contributed by atoms with Gasteiger partial charge in [0.2, 0.25) is 11.8 Å². The van der Waals surface area contributed by atoms with Gasteiger partial charge in [0.05, 0.1) is 12.1 Å². The number of aryl methyl sites for hydroxylation is 1. The Kier molecular flexibility index (Phi) is 10.7. The van der Waals surface area contributed by atoms with E-state index >= 15 is 0 Å². The first-order valence-corrected chi connectivity index (χ1v) is 11.4. The third kappa shape index (κ3) is 9.09. The first-order valence-electron chi connectivity index (χ1n) is 10.4. The lowest BCUT2D eigenvalue weighted by molar-refractivity contribution is -0.142. The van der Waals surface area contributed by atoms with Crippen molar-refractivity contribution < 1.29 is 19.5 Å². The fraction of sp³-hybridized carbons (Fsp3) is 0.348. The van der Waals surface area contributed by atoms with E-state index in [1.165, 1.54) is 0 Å². The van der Waals surface area contributed by atoms with Gasteiger partial charge in [-0.2, -0.15) is 0 Å². The molecule has 2 aromatic rings. The van der Waals surface area contributed by atoms with Gasteiger partial charge in [0.1, 0.15) is 6.04 Å². The highest BCUT2D eigenvalue weighted by molar-refractivity contribution is 7.97. The molecule has 0 bridgehead atoms. The van der Waals surface area contributed by atoms with Crippen LogP contribution in [0, 0.1) is 0 Å². The zero-order chi connectivity index (χ0) is 23.3. The molecule has 0 aliphatic carbocycles. The molecular weight excluding hydrogens is 428 g/mol. The van der Waals surface area contributed by atoms with E-state index in [9.17, 15) is 19.5 Å². The Hall–Kier alpha value is -2.88. The minimum atomic E-state index is -1.16. The van der Waals surface area contributed by atoms with Gasteiger partial charge >= 0.3 is 5.97 Å². The van der Waals surface area contributed by atoms with E-state index < -0.39 is 30.0 Å². The summed E-state index contributed by atoms with van der Waals surface area (Å²) in [4.78, 5) is 35.9. The molecule has 32 heavy (non-hydrogen) atoms. The summed E-state index contributed by atoms with van der Waals surface area (Å²) in [6.07, 6.45) is 1.63. The topological polar surface area (TPSA) is 148 Å². The van der Waals surface area contributed by atoms with Crippen LogP contribution in [0.1, 0.15) is 24.0 Å². The third-order valence-electron chi connectivity index (χ3n) is 4.85. The molecule has 7 N–H and O–H groups in total. The standard InChI is InChI=1S/C23H30N4O4S/c24-18(12-11-16-7-3-1-4-8-16)22(29)27-32-14-13-20(23(30)31)26-21(28)19(25)15-17-9-5-2-6-10-17/h1-10,18-20H,11-15,24-25H2,(H,26,28)(H,27,29)(H,30,31)/t18-,19-,20-/m0/s1. The smallest absolute Gasteiger partial charge is 0.326 e. The molecule has 0 spiro atoms. The highest BCUT2D eigenvalue weighted by Gasteiger charge is 2.23. The van der Waals surface area contributed by atoms with Gasteiger partial charge in [0, 0.05) is 5.75 Å². The lowest BCUT2D eigenvalue weighted by Crippen LogP contribution is -2.49. The van der Waals surface area contributed by atoms with Crippen molar-refractivity contribution in [3.05, 3.63) is 71.8 Å². The van der Waals surface area contributed by atoms with Gasteiger partial charge in [-0.3, -0.25) is 14.3 Å². The molecule has 0 aromatic heterocycles. The number of nitrogens with one attached hydrogen (secondary N) is 2. The normalized spacial score (nSPS) is 13.6. The van der Waals surface area contributed by atoms with E-state index in [2.05, 4.69) is 10.0 Å². The number of nitrogens with two attached hydrogens (primary N) is 2. The summed E-state index contributed by atoms with van der Waals surface area (Å²) in [5.74, 6) is -1.70. The number of aliphatic carboxylic acids is 1. The van der Waals surface area contributed by atoms with Crippen molar-refractivity contribution in [3.63, 3.8) is 0 Å². The largest absolute Gasteiger partial charge is 0.480 e. The van der Waals surface area contributed by atoms with E-state index in [4.69, 9.17) is 11.5 Å². The molecule has 0 aliphatic rings. The van der Waals surface area contributed by atoms with Crippen LogP contribution in [-0.2, 0) is 27.2 Å². The van der Waals surface area contributed by atoms with Crippen LogP contribution < -0.4 is 21.5 Å². The van der Waals surface area contributed by atoms with Gasteiger partial charge in [-0.05, 0) is 36.8 Å². The van der Waals surface area contributed by atoms with Crippen LogP contribution in [0.2, 0.25) is 0 Å². The molecule has 2 aromatic carbocycles. The zero-order valence-electron chi connectivity index (χ0n) is 17.8. The van der Waals surface area contributed by atoms with Crippen molar-refractivity contribution in [3.8, 4) is 0 Å². The molecule has 172 valence electrons. The van der Waals surface area contributed by atoms with Gasteiger partial charge in [-0.25, -0.2) is 4.79 Å². The van der Waals surface area contributed by atoms with Crippen LogP contribution in [0.15, 0.2) is 60.7 Å². The van der Waals surface area contributed by atoms with Crippen molar-refractivity contribution in [1.29, 1.82) is 0 Å². The molecule has 0 saturated heterocycles. The number of amides is 2. The molecule has 8 nitrogen and oxygen atoms in total. The maximum Gasteiger partial charge on any atom is 0.326 e. The average molecular weight is 459 g/mol. The van der Waals surface area contributed by atoms with Gasteiger partial charge in [-0.1, -0.05) is 72.6 Å². The van der Waals surface area contributed by atoms with Crippen molar-refractivity contribution in [2.75, 3.05) is 5.75 Å². The second-order valence-corrected chi connectivity index (χ2v) is 8.33. The van der Waals surface area contributed by atoms with E-state index in [0.29, 0.717) is 25.0 Å². The van der Waals surface area contributed by atoms with Crippen LogP contribution in [0.25, 0.3) is 0 Å². The quantitative estimate of drug-likeness (QED) is 0.224. The molecule has 2 rings (SSSR count). The fourth-order valence-electron chi connectivity index (χ4n) is 2.97. The monoisotopic (exact) mass is 458 g/mol. The van der Waals surface area contributed by atoms with Gasteiger partial charge < -0.3 is 21.9 Å². The van der Waals surface area contributed by atoms with Crippen molar-refractivity contribution in [2.24, 2.45) is 11.5 Å². The minimum absolute atomic E-state index is 0.128. The van der Waals surface area contributed by atoms with Gasteiger partial charge in [0.25, 0.3) is 0 Å². The lowest BCUT2D eigenvalue weighted by Gasteiger charge is -2.18. The number of carbonyl (C=O) groups excluding carboxylic acids is 2. The number of carbonyl (C=O) groups is 3. The molecule has 9 heteroatoms. The summed E-state index contributed by atoms with van der Waals surface area (Å²) >= 11 is 1.07. The molecule has 2 amide bonds. The molecule has 3 atom stereocenters. The Morgan fingerprint density at radius 2 is 1.44 bits per heavy atom. The predicted octanol–water partition coefficient (Wildman–Crippen LogP) is 1.24. The zero-order valence-corrected chi connectivity index (χ0v) is 18.6. The highest BCUT2D eigenvalue weighted by Crippen LogP contribution is 2.07. The Balaban J connectivity index is 1.69. The fourth-order valence-corrected chi connectivity index (χ4v) is 3.72. The Bertz CT molecular complexity index is 867. The van der Waals surface area contributed by atoms with Gasteiger partial charge in [-0.15, -0.1) is 0 Å². The summed E-state index contributed by atoms with van der Waals surface area (Å²) in [5, 5.41) is 11.9. The molecule has 0 saturated carbocycles. The molecule has 0 radical (unpaired) electrons. The SMILES string of the molecule is N[C@@H](CCc1ccccc1)C(=O)NSCC[C@H](NC(=O)[C@@H](N)Cc1ccccc1)C(=O)O.